The van der Waals surface area contributed by atoms with E-state index in [1.807, 2.05) is 47.5 Å². The molecule has 1 N–H and O–H groups in total. The fraction of sp³-hybridized carbons (Fsp3) is 0.400. The van der Waals surface area contributed by atoms with Crippen molar-refractivity contribution in [2.24, 2.45) is 0 Å². The first-order valence-electron chi connectivity index (χ1n) is 8.87. The van der Waals surface area contributed by atoms with Gasteiger partial charge in [0.25, 0.3) is 0 Å². The van der Waals surface area contributed by atoms with E-state index in [0.29, 0.717) is 18.7 Å². The zero-order chi connectivity index (χ0) is 18.5. The highest BCUT2D eigenvalue weighted by Crippen LogP contribution is 2.21. The number of hydrogen-bond acceptors (Lipinski definition) is 5. The number of rotatable bonds is 5. The summed E-state index contributed by atoms with van der Waals surface area (Å²) in [6.07, 6.45) is 3.47. The summed E-state index contributed by atoms with van der Waals surface area (Å²) in [5.74, 6) is 0.791. The van der Waals surface area contributed by atoms with E-state index < -0.39 is 0 Å². The van der Waals surface area contributed by atoms with Gasteiger partial charge in [0.2, 0.25) is 5.91 Å². The molecule has 1 saturated heterocycles. The maximum atomic E-state index is 12.5. The Balaban J connectivity index is 1.65. The van der Waals surface area contributed by atoms with Crippen LogP contribution in [0.1, 0.15) is 30.1 Å². The molecule has 1 aliphatic heterocycles. The van der Waals surface area contributed by atoms with Crippen LogP contribution in [0.5, 0.6) is 5.75 Å². The summed E-state index contributed by atoms with van der Waals surface area (Å²) in [4.78, 5) is 18.8. The van der Waals surface area contributed by atoms with Crippen LogP contribution >= 0.6 is 11.3 Å². The topological polar surface area (TPSA) is 54.5 Å². The average Bonchev–Trinajstić information content (AvgIpc) is 3.03. The smallest absolute Gasteiger partial charge is 0.246 e. The second-order valence-electron chi connectivity index (χ2n) is 6.73. The standard InChI is InChI=1S/C20H25N3O2S/c1-14-10-23(11-15(2)21-14)20(24)9-8-17-6-4-5-7-19(17)25-12-18-13-26-16(3)22-18/h4-9,13-15,21H,10-12H2,1-3H3/b9-8+. The Kier molecular flexibility index (Phi) is 6.06. The quantitative estimate of drug-likeness (QED) is 0.820. The van der Waals surface area contributed by atoms with E-state index in [1.54, 1.807) is 17.4 Å². The van der Waals surface area contributed by atoms with Crippen molar-refractivity contribution in [1.29, 1.82) is 0 Å². The predicted molar refractivity (Wildman–Crippen MR) is 105 cm³/mol. The molecular formula is C20H25N3O2S. The Labute approximate surface area is 158 Å². The molecule has 26 heavy (non-hydrogen) atoms. The van der Waals surface area contributed by atoms with Gasteiger partial charge < -0.3 is 15.0 Å². The van der Waals surface area contributed by atoms with Gasteiger partial charge in [0.15, 0.2) is 0 Å². The number of carbonyl (C=O) groups is 1. The Bertz CT molecular complexity index is 777. The lowest BCUT2D eigenvalue weighted by Gasteiger charge is -2.35. The number of nitrogens with zero attached hydrogens (tertiary/aromatic N) is 2. The predicted octanol–water partition coefficient (Wildman–Crippen LogP) is 3.25. The Hall–Kier alpha value is -2.18. The zero-order valence-corrected chi connectivity index (χ0v) is 16.3. The normalized spacial score (nSPS) is 20.5. The number of carbonyl (C=O) groups excluding carboxylic acids is 1. The molecule has 1 amide bonds. The third kappa shape index (κ3) is 4.93. The number of hydrogen-bond donors (Lipinski definition) is 1. The summed E-state index contributed by atoms with van der Waals surface area (Å²) < 4.78 is 5.91. The molecule has 2 unspecified atom stereocenters. The summed E-state index contributed by atoms with van der Waals surface area (Å²) in [6.45, 7) is 8.07. The van der Waals surface area contributed by atoms with Crippen LogP contribution in [0.2, 0.25) is 0 Å². The molecule has 1 aromatic carbocycles. The Morgan fingerprint density at radius 2 is 2.08 bits per heavy atom. The number of aryl methyl sites for hydroxylation is 1. The number of benzene rings is 1. The van der Waals surface area contributed by atoms with Gasteiger partial charge in [0.05, 0.1) is 10.7 Å². The average molecular weight is 372 g/mol. The first-order valence-corrected chi connectivity index (χ1v) is 9.75. The number of amides is 1. The minimum atomic E-state index is 0.0372. The Morgan fingerprint density at radius 1 is 1.35 bits per heavy atom. The Morgan fingerprint density at radius 3 is 2.77 bits per heavy atom. The molecule has 3 rings (SSSR count). The summed E-state index contributed by atoms with van der Waals surface area (Å²) in [6, 6.07) is 8.37. The molecule has 0 aliphatic carbocycles. The molecule has 5 nitrogen and oxygen atoms in total. The minimum Gasteiger partial charge on any atom is -0.487 e. The lowest BCUT2D eigenvalue weighted by molar-refractivity contribution is -0.127. The molecule has 0 saturated carbocycles. The van der Waals surface area contributed by atoms with Crippen molar-refractivity contribution < 1.29 is 9.53 Å². The van der Waals surface area contributed by atoms with Crippen molar-refractivity contribution in [1.82, 2.24) is 15.2 Å². The molecule has 0 spiro atoms. The molecule has 2 heterocycles. The van der Waals surface area contributed by atoms with Crippen LogP contribution < -0.4 is 10.1 Å². The SMILES string of the molecule is Cc1nc(COc2ccccc2/C=C/C(=O)N2CC(C)NC(C)C2)cs1. The van der Waals surface area contributed by atoms with Crippen LogP contribution in [0.15, 0.2) is 35.7 Å². The highest BCUT2D eigenvalue weighted by molar-refractivity contribution is 7.09. The van der Waals surface area contributed by atoms with E-state index >= 15 is 0 Å². The first kappa shape index (κ1) is 18.6. The first-order chi connectivity index (χ1) is 12.5. The lowest BCUT2D eigenvalue weighted by Crippen LogP contribution is -2.55. The van der Waals surface area contributed by atoms with Crippen LogP contribution in [0.3, 0.4) is 0 Å². The van der Waals surface area contributed by atoms with Gasteiger partial charge in [-0.05, 0) is 32.9 Å². The van der Waals surface area contributed by atoms with Gasteiger partial charge in [0.1, 0.15) is 12.4 Å². The van der Waals surface area contributed by atoms with Crippen molar-refractivity contribution in [3.63, 3.8) is 0 Å². The van der Waals surface area contributed by atoms with Crippen LogP contribution in [-0.2, 0) is 11.4 Å². The lowest BCUT2D eigenvalue weighted by atomic mass is 10.1. The molecule has 2 aromatic rings. The highest BCUT2D eigenvalue weighted by atomic mass is 32.1. The molecule has 0 bridgehead atoms. The van der Waals surface area contributed by atoms with E-state index in [9.17, 15) is 4.79 Å². The zero-order valence-electron chi connectivity index (χ0n) is 15.4. The van der Waals surface area contributed by atoms with Gasteiger partial charge in [-0.25, -0.2) is 4.98 Å². The molecular weight excluding hydrogens is 346 g/mol. The van der Waals surface area contributed by atoms with Crippen molar-refractivity contribution in [3.8, 4) is 5.75 Å². The van der Waals surface area contributed by atoms with Crippen LogP contribution in [-0.4, -0.2) is 41.0 Å². The highest BCUT2D eigenvalue weighted by Gasteiger charge is 2.23. The van der Waals surface area contributed by atoms with Gasteiger partial charge in [0, 0.05) is 42.2 Å². The maximum absolute atomic E-state index is 12.5. The maximum Gasteiger partial charge on any atom is 0.246 e. The number of piperazine rings is 1. The molecule has 6 heteroatoms. The van der Waals surface area contributed by atoms with Crippen molar-refractivity contribution >= 4 is 23.3 Å². The third-order valence-corrected chi connectivity index (χ3v) is 5.06. The molecule has 1 aromatic heterocycles. The van der Waals surface area contributed by atoms with Gasteiger partial charge in [-0.2, -0.15) is 0 Å². The van der Waals surface area contributed by atoms with Crippen LogP contribution in [0.4, 0.5) is 0 Å². The van der Waals surface area contributed by atoms with Crippen molar-refractivity contribution in [2.75, 3.05) is 13.1 Å². The van der Waals surface area contributed by atoms with E-state index in [1.165, 1.54) is 0 Å². The van der Waals surface area contributed by atoms with E-state index in [4.69, 9.17) is 4.74 Å². The second-order valence-corrected chi connectivity index (χ2v) is 7.79. The molecule has 1 aliphatic rings. The van der Waals surface area contributed by atoms with E-state index in [2.05, 4.69) is 24.1 Å². The summed E-state index contributed by atoms with van der Waals surface area (Å²) >= 11 is 1.61. The molecule has 138 valence electrons. The molecule has 0 radical (unpaired) electrons. The number of ether oxygens (including phenoxy) is 1. The number of thiazole rings is 1. The van der Waals surface area contributed by atoms with Gasteiger partial charge in [-0.15, -0.1) is 11.3 Å². The third-order valence-electron chi connectivity index (χ3n) is 4.24. The summed E-state index contributed by atoms with van der Waals surface area (Å²) in [5.41, 5.74) is 1.81. The second kappa shape index (κ2) is 8.47. The van der Waals surface area contributed by atoms with E-state index in [-0.39, 0.29) is 5.91 Å². The molecule has 1 fully saturated rings. The van der Waals surface area contributed by atoms with Crippen molar-refractivity contribution in [2.45, 2.75) is 39.5 Å². The van der Waals surface area contributed by atoms with Gasteiger partial charge in [-0.1, -0.05) is 18.2 Å². The largest absolute Gasteiger partial charge is 0.487 e. The summed E-state index contributed by atoms with van der Waals surface area (Å²) in [5, 5.41) is 6.47. The van der Waals surface area contributed by atoms with Crippen LogP contribution in [0.25, 0.3) is 6.08 Å². The fourth-order valence-corrected chi connectivity index (χ4v) is 3.75. The number of nitrogens with one attached hydrogen (secondary N) is 1. The fourth-order valence-electron chi connectivity index (χ4n) is 3.15. The number of para-hydroxylation sites is 1. The van der Waals surface area contributed by atoms with Gasteiger partial charge in [-0.3, -0.25) is 4.79 Å². The summed E-state index contributed by atoms with van der Waals surface area (Å²) in [7, 11) is 0. The number of aromatic nitrogens is 1. The van der Waals surface area contributed by atoms with Gasteiger partial charge >= 0.3 is 0 Å². The van der Waals surface area contributed by atoms with Crippen molar-refractivity contribution in [3.05, 3.63) is 52.0 Å². The van der Waals surface area contributed by atoms with Crippen LogP contribution in [0, 0.1) is 6.92 Å². The minimum absolute atomic E-state index is 0.0372. The molecule has 2 atom stereocenters. The van der Waals surface area contributed by atoms with E-state index in [0.717, 1.165) is 35.1 Å². The monoisotopic (exact) mass is 371 g/mol.